The first-order valence-electron chi connectivity index (χ1n) is 4.96. The molecule has 3 heterocycles. The van der Waals surface area contributed by atoms with Crippen molar-refractivity contribution >= 4 is 16.9 Å². The number of rotatable bonds is 1. The first-order valence-corrected chi connectivity index (χ1v) is 4.96. The molecule has 0 aliphatic rings. The fourth-order valence-corrected chi connectivity index (χ4v) is 1.67. The van der Waals surface area contributed by atoms with Crippen LogP contribution in [0.3, 0.4) is 0 Å². The number of fused-ring (bicyclic) bond motifs is 1. The zero-order chi connectivity index (χ0) is 11.8. The van der Waals surface area contributed by atoms with Gasteiger partial charge in [-0.3, -0.25) is 0 Å². The smallest absolute Gasteiger partial charge is 0.183 e. The summed E-state index contributed by atoms with van der Waals surface area (Å²) in [6.45, 7) is 0. The lowest BCUT2D eigenvalue weighted by Crippen LogP contribution is -1.99. The highest BCUT2D eigenvalue weighted by atomic mass is 19.1. The van der Waals surface area contributed by atoms with Gasteiger partial charge >= 0.3 is 0 Å². The Bertz CT molecular complexity index is 691. The monoisotopic (exact) mass is 229 g/mol. The summed E-state index contributed by atoms with van der Waals surface area (Å²) in [5.74, 6) is -0.389. The molecule has 3 N–H and O–H groups in total. The van der Waals surface area contributed by atoms with Crippen LogP contribution < -0.4 is 5.73 Å². The summed E-state index contributed by atoms with van der Waals surface area (Å²) in [5, 5.41) is 0.874. The number of H-pyrrole nitrogens is 1. The predicted octanol–water partition coefficient (Wildman–Crippen LogP) is 1.74. The van der Waals surface area contributed by atoms with Gasteiger partial charge in [-0.05, 0) is 12.1 Å². The third-order valence-corrected chi connectivity index (χ3v) is 2.47. The van der Waals surface area contributed by atoms with Gasteiger partial charge in [-0.2, -0.15) is 0 Å². The van der Waals surface area contributed by atoms with Crippen LogP contribution in [-0.4, -0.2) is 19.9 Å². The molecule has 0 aliphatic carbocycles. The van der Waals surface area contributed by atoms with Gasteiger partial charge < -0.3 is 10.7 Å². The van der Waals surface area contributed by atoms with Gasteiger partial charge in [0, 0.05) is 23.3 Å². The summed E-state index contributed by atoms with van der Waals surface area (Å²) in [5.41, 5.74) is 6.92. The fourth-order valence-electron chi connectivity index (χ4n) is 1.67. The van der Waals surface area contributed by atoms with Gasteiger partial charge in [0.2, 0.25) is 0 Å². The molecular weight excluding hydrogens is 221 g/mol. The molecule has 0 saturated heterocycles. The Morgan fingerprint density at radius 1 is 1.24 bits per heavy atom. The van der Waals surface area contributed by atoms with Gasteiger partial charge in [-0.15, -0.1) is 0 Å². The molecule has 0 atom stereocenters. The SMILES string of the molecule is Nc1nc(-c2ccnc3[nH]ccc23)ncc1F. The Morgan fingerprint density at radius 2 is 2.12 bits per heavy atom. The van der Waals surface area contributed by atoms with Gasteiger partial charge in [0.25, 0.3) is 0 Å². The molecule has 0 fully saturated rings. The average Bonchev–Trinajstić information content (AvgIpc) is 2.80. The summed E-state index contributed by atoms with van der Waals surface area (Å²) >= 11 is 0. The minimum atomic E-state index is -0.617. The van der Waals surface area contributed by atoms with E-state index in [1.807, 2.05) is 6.07 Å². The highest BCUT2D eigenvalue weighted by Crippen LogP contribution is 2.24. The third-order valence-electron chi connectivity index (χ3n) is 2.47. The van der Waals surface area contributed by atoms with E-state index in [0.717, 1.165) is 22.8 Å². The van der Waals surface area contributed by atoms with E-state index in [1.54, 1.807) is 18.5 Å². The van der Waals surface area contributed by atoms with Crippen LogP contribution in [0.25, 0.3) is 22.4 Å². The Balaban J connectivity index is 2.26. The number of hydrogen-bond donors (Lipinski definition) is 2. The van der Waals surface area contributed by atoms with Crippen LogP contribution in [0.1, 0.15) is 0 Å². The molecule has 0 amide bonds. The van der Waals surface area contributed by atoms with Crippen LogP contribution in [0.4, 0.5) is 10.2 Å². The minimum absolute atomic E-state index is 0.157. The van der Waals surface area contributed by atoms with Crippen LogP contribution in [0.5, 0.6) is 0 Å². The maximum absolute atomic E-state index is 13.0. The lowest BCUT2D eigenvalue weighted by Gasteiger charge is -2.02. The summed E-state index contributed by atoms with van der Waals surface area (Å²) in [7, 11) is 0. The quantitative estimate of drug-likeness (QED) is 0.666. The Labute approximate surface area is 95.5 Å². The number of aromatic nitrogens is 4. The number of aromatic amines is 1. The minimum Gasteiger partial charge on any atom is -0.381 e. The van der Waals surface area contributed by atoms with Crippen molar-refractivity contribution in [3.05, 3.63) is 36.5 Å². The Morgan fingerprint density at radius 3 is 2.94 bits per heavy atom. The number of nitrogens with two attached hydrogens (primary N) is 1. The van der Waals surface area contributed by atoms with Gasteiger partial charge in [-0.25, -0.2) is 19.3 Å². The van der Waals surface area contributed by atoms with Crippen molar-refractivity contribution in [1.29, 1.82) is 0 Å². The highest BCUT2D eigenvalue weighted by Gasteiger charge is 2.09. The van der Waals surface area contributed by atoms with E-state index in [1.165, 1.54) is 0 Å². The average molecular weight is 229 g/mol. The molecule has 5 nitrogen and oxygen atoms in total. The van der Waals surface area contributed by atoms with E-state index < -0.39 is 5.82 Å². The lowest BCUT2D eigenvalue weighted by molar-refractivity contribution is 0.620. The van der Waals surface area contributed by atoms with Gasteiger partial charge in [0.1, 0.15) is 5.65 Å². The zero-order valence-corrected chi connectivity index (χ0v) is 8.68. The number of pyridine rings is 1. The summed E-state index contributed by atoms with van der Waals surface area (Å²) in [6.07, 6.45) is 4.47. The molecule has 0 bridgehead atoms. The second-order valence-corrected chi connectivity index (χ2v) is 3.53. The second-order valence-electron chi connectivity index (χ2n) is 3.53. The van der Waals surface area contributed by atoms with Crippen molar-refractivity contribution in [2.45, 2.75) is 0 Å². The van der Waals surface area contributed by atoms with Gasteiger partial charge in [-0.1, -0.05) is 0 Å². The Hall–Kier alpha value is -2.50. The van der Waals surface area contributed by atoms with Crippen LogP contribution >= 0.6 is 0 Å². The molecule has 6 heteroatoms. The van der Waals surface area contributed by atoms with Crippen LogP contribution in [-0.2, 0) is 0 Å². The molecule has 3 rings (SSSR count). The number of anilines is 1. The molecule has 17 heavy (non-hydrogen) atoms. The summed E-state index contributed by atoms with van der Waals surface area (Å²) in [4.78, 5) is 15.0. The van der Waals surface area contributed by atoms with E-state index >= 15 is 0 Å². The first-order chi connectivity index (χ1) is 8.25. The maximum Gasteiger partial charge on any atom is 0.183 e. The van der Waals surface area contributed by atoms with E-state index in [-0.39, 0.29) is 5.82 Å². The van der Waals surface area contributed by atoms with E-state index in [0.29, 0.717) is 5.82 Å². The molecule has 0 radical (unpaired) electrons. The number of nitrogen functional groups attached to an aromatic ring is 1. The van der Waals surface area contributed by atoms with Crippen LogP contribution in [0, 0.1) is 5.82 Å². The number of nitrogens with zero attached hydrogens (tertiary/aromatic N) is 3. The molecular formula is C11H8FN5. The third kappa shape index (κ3) is 1.50. The fraction of sp³-hybridized carbons (Fsp3) is 0. The molecule has 3 aromatic heterocycles. The van der Waals surface area contributed by atoms with E-state index in [9.17, 15) is 4.39 Å². The van der Waals surface area contributed by atoms with Crippen LogP contribution in [0.15, 0.2) is 30.7 Å². The molecule has 84 valence electrons. The normalized spacial score (nSPS) is 10.9. The van der Waals surface area contributed by atoms with Crippen molar-refractivity contribution in [1.82, 2.24) is 19.9 Å². The molecule has 0 unspecified atom stereocenters. The van der Waals surface area contributed by atoms with Gasteiger partial charge in [0.05, 0.1) is 6.20 Å². The second kappa shape index (κ2) is 3.51. The molecule has 0 saturated carbocycles. The van der Waals surface area contributed by atoms with E-state index in [4.69, 9.17) is 5.73 Å². The zero-order valence-electron chi connectivity index (χ0n) is 8.68. The first kappa shape index (κ1) is 9.71. The van der Waals surface area contributed by atoms with Gasteiger partial charge in [0.15, 0.2) is 17.5 Å². The Kier molecular flexibility index (Phi) is 2.01. The van der Waals surface area contributed by atoms with Crippen LogP contribution in [0.2, 0.25) is 0 Å². The molecule has 0 aliphatic heterocycles. The molecule has 0 spiro atoms. The summed E-state index contributed by atoms with van der Waals surface area (Å²) < 4.78 is 13.0. The maximum atomic E-state index is 13.0. The van der Waals surface area contributed by atoms with Crippen molar-refractivity contribution in [2.75, 3.05) is 5.73 Å². The number of nitrogens with one attached hydrogen (secondary N) is 1. The van der Waals surface area contributed by atoms with Crippen molar-refractivity contribution < 1.29 is 4.39 Å². The predicted molar refractivity (Wildman–Crippen MR) is 61.5 cm³/mol. The number of halogens is 1. The largest absolute Gasteiger partial charge is 0.381 e. The van der Waals surface area contributed by atoms with E-state index in [2.05, 4.69) is 19.9 Å². The molecule has 0 aromatic carbocycles. The standard InChI is InChI=1S/C11H8FN5/c12-8-5-16-11(17-9(8)13)7-2-4-15-10-6(7)1-3-14-10/h1-5H,(H,14,15)(H2,13,16,17). The van der Waals surface area contributed by atoms with Crippen molar-refractivity contribution in [2.24, 2.45) is 0 Å². The van der Waals surface area contributed by atoms with Crippen molar-refractivity contribution in [3.8, 4) is 11.4 Å². The molecule has 3 aromatic rings. The van der Waals surface area contributed by atoms with Crippen molar-refractivity contribution in [3.63, 3.8) is 0 Å². The topological polar surface area (TPSA) is 80.5 Å². The summed E-state index contributed by atoms with van der Waals surface area (Å²) in [6, 6.07) is 3.63. The lowest BCUT2D eigenvalue weighted by atomic mass is 10.2. The number of hydrogen-bond acceptors (Lipinski definition) is 4. The highest BCUT2D eigenvalue weighted by molar-refractivity contribution is 5.90.